The van der Waals surface area contributed by atoms with Crippen molar-refractivity contribution in [2.24, 2.45) is 0 Å². The number of likely N-dealkylation sites (tertiary alicyclic amines) is 1. The van der Waals surface area contributed by atoms with Gasteiger partial charge >= 0.3 is 0 Å². The van der Waals surface area contributed by atoms with E-state index in [1.807, 2.05) is 6.07 Å². The number of hydrogen-bond donors (Lipinski definition) is 1. The minimum atomic E-state index is 0.0232. The molecule has 2 fully saturated rings. The molecule has 2 heterocycles. The van der Waals surface area contributed by atoms with Crippen LogP contribution in [0.1, 0.15) is 31.2 Å². The smallest absolute Gasteiger partial charge is 0.230 e. The highest BCUT2D eigenvalue weighted by Gasteiger charge is 2.34. The Morgan fingerprint density at radius 1 is 1.16 bits per heavy atom. The Kier molecular flexibility index (Phi) is 7.20. The van der Waals surface area contributed by atoms with Gasteiger partial charge < -0.3 is 15.0 Å². The van der Waals surface area contributed by atoms with Gasteiger partial charge in [-0.15, -0.1) is 0 Å². The lowest BCUT2D eigenvalue weighted by atomic mass is 9.74. The number of benzene rings is 1. The van der Waals surface area contributed by atoms with Crippen molar-refractivity contribution in [1.82, 2.24) is 10.2 Å². The number of hydrogen-bond acceptors (Lipinski definition) is 4. The van der Waals surface area contributed by atoms with Crippen LogP contribution in [0.3, 0.4) is 0 Å². The Morgan fingerprint density at radius 2 is 1.88 bits per heavy atom. The lowest BCUT2D eigenvalue weighted by Gasteiger charge is -2.38. The second-order valence-corrected chi connectivity index (χ2v) is 8.24. The zero-order chi connectivity index (χ0) is 17.4. The molecule has 0 saturated carbocycles. The van der Waals surface area contributed by atoms with Crippen LogP contribution in [-0.2, 0) is 14.9 Å². The molecule has 5 heteroatoms. The van der Waals surface area contributed by atoms with Gasteiger partial charge in [-0.3, -0.25) is 4.79 Å². The maximum atomic E-state index is 12.3. The molecule has 138 valence electrons. The van der Waals surface area contributed by atoms with Crippen molar-refractivity contribution < 1.29 is 9.53 Å². The first kappa shape index (κ1) is 18.7. The average molecular weight is 363 g/mol. The topological polar surface area (TPSA) is 41.6 Å². The summed E-state index contributed by atoms with van der Waals surface area (Å²) in [6.45, 7) is 5.84. The van der Waals surface area contributed by atoms with Gasteiger partial charge in [0.15, 0.2) is 0 Å². The maximum Gasteiger partial charge on any atom is 0.230 e. The number of amides is 1. The molecular formula is C20H30N2O2S. The first-order valence-electron chi connectivity index (χ1n) is 9.49. The van der Waals surface area contributed by atoms with E-state index in [-0.39, 0.29) is 11.3 Å². The summed E-state index contributed by atoms with van der Waals surface area (Å²) < 4.78 is 5.56. The standard InChI is InChI=1S/C20H30N2O2S/c23-19(16-25-15-12-22-10-4-5-11-22)21-17-20(8-13-24-14-9-20)18-6-2-1-3-7-18/h1-3,6-7H,4-5,8-17H2,(H,21,23). The number of carbonyl (C=O) groups excluding carboxylic acids is 1. The summed E-state index contributed by atoms with van der Waals surface area (Å²) in [6.07, 6.45) is 4.60. The van der Waals surface area contributed by atoms with E-state index in [1.54, 1.807) is 11.8 Å². The van der Waals surface area contributed by atoms with Crippen LogP contribution in [0.4, 0.5) is 0 Å². The molecule has 0 spiro atoms. The summed E-state index contributed by atoms with van der Waals surface area (Å²) >= 11 is 1.75. The fraction of sp³-hybridized carbons (Fsp3) is 0.650. The van der Waals surface area contributed by atoms with Crippen molar-refractivity contribution in [2.45, 2.75) is 31.1 Å². The minimum absolute atomic E-state index is 0.0232. The molecule has 1 aromatic carbocycles. The van der Waals surface area contributed by atoms with E-state index in [2.05, 4.69) is 34.5 Å². The summed E-state index contributed by atoms with van der Waals surface area (Å²) in [5, 5.41) is 3.19. The predicted octanol–water partition coefficient (Wildman–Crippen LogP) is 2.68. The Balaban J connectivity index is 1.43. The SMILES string of the molecule is O=C(CSCCN1CCCC1)NCC1(c2ccccc2)CCOCC1. The van der Waals surface area contributed by atoms with Crippen molar-refractivity contribution in [1.29, 1.82) is 0 Å². The van der Waals surface area contributed by atoms with Crippen LogP contribution in [0, 0.1) is 0 Å². The third-order valence-corrected chi connectivity index (χ3v) is 6.38. The van der Waals surface area contributed by atoms with Gasteiger partial charge in [0.2, 0.25) is 5.91 Å². The van der Waals surface area contributed by atoms with E-state index in [4.69, 9.17) is 4.74 Å². The van der Waals surface area contributed by atoms with E-state index < -0.39 is 0 Å². The third-order valence-electron chi connectivity index (χ3n) is 5.44. The molecule has 1 aromatic rings. The van der Waals surface area contributed by atoms with Gasteiger partial charge in [-0.1, -0.05) is 30.3 Å². The Hall–Kier alpha value is -1.04. The largest absolute Gasteiger partial charge is 0.381 e. The molecule has 0 radical (unpaired) electrons. The molecule has 25 heavy (non-hydrogen) atoms. The van der Waals surface area contributed by atoms with Gasteiger partial charge in [-0.25, -0.2) is 0 Å². The number of rotatable bonds is 8. The van der Waals surface area contributed by atoms with Gasteiger partial charge in [0.1, 0.15) is 0 Å². The number of carbonyl (C=O) groups is 1. The monoisotopic (exact) mass is 362 g/mol. The number of nitrogens with one attached hydrogen (secondary N) is 1. The Bertz CT molecular complexity index is 526. The van der Waals surface area contributed by atoms with Crippen molar-refractivity contribution in [2.75, 3.05) is 50.9 Å². The molecule has 0 atom stereocenters. The van der Waals surface area contributed by atoms with E-state index >= 15 is 0 Å². The molecule has 0 aromatic heterocycles. The molecule has 3 rings (SSSR count). The van der Waals surface area contributed by atoms with Crippen LogP contribution < -0.4 is 5.32 Å². The van der Waals surface area contributed by atoms with Gasteiger partial charge in [0.25, 0.3) is 0 Å². The Morgan fingerprint density at radius 3 is 2.60 bits per heavy atom. The fourth-order valence-corrected chi connectivity index (χ4v) is 4.62. The molecular weight excluding hydrogens is 332 g/mol. The first-order chi connectivity index (χ1) is 12.3. The van der Waals surface area contributed by atoms with Crippen molar-refractivity contribution in [3.8, 4) is 0 Å². The lowest BCUT2D eigenvalue weighted by Crippen LogP contribution is -2.45. The van der Waals surface area contributed by atoms with Crippen molar-refractivity contribution in [3.05, 3.63) is 35.9 Å². The van der Waals surface area contributed by atoms with Gasteiger partial charge in [-0.2, -0.15) is 11.8 Å². The Labute approximate surface area is 155 Å². The quantitative estimate of drug-likeness (QED) is 0.722. The molecule has 2 saturated heterocycles. The molecule has 2 aliphatic heterocycles. The molecule has 1 amide bonds. The van der Waals surface area contributed by atoms with E-state index in [9.17, 15) is 4.79 Å². The summed E-state index contributed by atoms with van der Waals surface area (Å²) in [5.74, 6) is 1.77. The summed E-state index contributed by atoms with van der Waals surface area (Å²) in [7, 11) is 0. The minimum Gasteiger partial charge on any atom is -0.381 e. The number of ether oxygens (including phenoxy) is 1. The fourth-order valence-electron chi connectivity index (χ4n) is 3.80. The molecule has 4 nitrogen and oxygen atoms in total. The summed E-state index contributed by atoms with van der Waals surface area (Å²) in [4.78, 5) is 14.8. The molecule has 0 unspecified atom stereocenters. The first-order valence-corrected chi connectivity index (χ1v) is 10.6. The van der Waals surface area contributed by atoms with Crippen molar-refractivity contribution in [3.63, 3.8) is 0 Å². The van der Waals surface area contributed by atoms with Gasteiger partial charge in [0.05, 0.1) is 5.75 Å². The van der Waals surface area contributed by atoms with Crippen LogP contribution >= 0.6 is 11.8 Å². The van der Waals surface area contributed by atoms with Gasteiger partial charge in [0, 0.05) is 37.5 Å². The highest BCUT2D eigenvalue weighted by atomic mass is 32.2. The lowest BCUT2D eigenvalue weighted by molar-refractivity contribution is -0.119. The van der Waals surface area contributed by atoms with E-state index in [0.717, 1.165) is 38.4 Å². The molecule has 2 aliphatic rings. The van der Waals surface area contributed by atoms with E-state index in [0.29, 0.717) is 12.3 Å². The second kappa shape index (κ2) is 9.60. The third kappa shape index (κ3) is 5.47. The zero-order valence-corrected chi connectivity index (χ0v) is 15.9. The summed E-state index contributed by atoms with van der Waals surface area (Å²) in [5.41, 5.74) is 1.34. The molecule has 1 N–H and O–H groups in total. The van der Waals surface area contributed by atoms with Crippen LogP contribution in [-0.4, -0.2) is 61.7 Å². The number of thioether (sulfide) groups is 1. The highest BCUT2D eigenvalue weighted by Crippen LogP contribution is 2.34. The van der Waals surface area contributed by atoms with Crippen LogP contribution in [0.25, 0.3) is 0 Å². The van der Waals surface area contributed by atoms with Crippen LogP contribution in [0.5, 0.6) is 0 Å². The molecule has 0 aliphatic carbocycles. The normalized spacial score (nSPS) is 20.5. The zero-order valence-electron chi connectivity index (χ0n) is 15.0. The highest BCUT2D eigenvalue weighted by molar-refractivity contribution is 7.99. The van der Waals surface area contributed by atoms with Crippen LogP contribution in [0.15, 0.2) is 30.3 Å². The van der Waals surface area contributed by atoms with Crippen LogP contribution in [0.2, 0.25) is 0 Å². The van der Waals surface area contributed by atoms with Gasteiger partial charge in [-0.05, 0) is 44.3 Å². The van der Waals surface area contributed by atoms with E-state index in [1.165, 1.54) is 31.5 Å². The average Bonchev–Trinajstić information content (AvgIpc) is 3.19. The van der Waals surface area contributed by atoms with Crippen molar-refractivity contribution >= 4 is 17.7 Å². The predicted molar refractivity (Wildman–Crippen MR) is 104 cm³/mol. The maximum absolute atomic E-state index is 12.3. The summed E-state index contributed by atoms with van der Waals surface area (Å²) in [6, 6.07) is 10.6. The number of nitrogens with zero attached hydrogens (tertiary/aromatic N) is 1. The molecule has 0 bridgehead atoms. The second-order valence-electron chi connectivity index (χ2n) is 7.14.